The third-order valence-electron chi connectivity index (χ3n) is 4.02. The van der Waals surface area contributed by atoms with E-state index in [1.807, 2.05) is 0 Å². The van der Waals surface area contributed by atoms with Crippen LogP contribution in [0.5, 0.6) is 5.75 Å². The van der Waals surface area contributed by atoms with Gasteiger partial charge in [0, 0.05) is 26.2 Å². The molecule has 0 unspecified atom stereocenters. The number of aryl methyl sites for hydroxylation is 2. The number of rotatable bonds is 2. The molecule has 25 heavy (non-hydrogen) atoms. The van der Waals surface area contributed by atoms with E-state index in [0.717, 1.165) is 10.6 Å². The van der Waals surface area contributed by atoms with Crippen molar-refractivity contribution < 1.29 is 15.0 Å². The van der Waals surface area contributed by atoms with Gasteiger partial charge in [0.15, 0.2) is 11.2 Å². The molecule has 3 aromatic rings. The summed E-state index contributed by atoms with van der Waals surface area (Å²) in [4.78, 5) is 40.0. The molecule has 0 aliphatic heterocycles. The summed E-state index contributed by atoms with van der Waals surface area (Å²) in [6, 6.07) is 2.45. The van der Waals surface area contributed by atoms with E-state index in [1.54, 1.807) is 0 Å². The van der Waals surface area contributed by atoms with Crippen LogP contribution < -0.4 is 11.2 Å². The maximum Gasteiger partial charge on any atom is 0.339 e. The Bertz CT molecular complexity index is 1170. The van der Waals surface area contributed by atoms with Gasteiger partial charge in [-0.05, 0) is 12.1 Å². The maximum atomic E-state index is 12.4. The fraction of sp³-hybridized carbons (Fsp3) is 0.200. The molecule has 0 saturated heterocycles. The van der Waals surface area contributed by atoms with Gasteiger partial charge in [-0.3, -0.25) is 13.9 Å². The smallest absolute Gasteiger partial charge is 0.339 e. The van der Waals surface area contributed by atoms with Gasteiger partial charge in [-0.1, -0.05) is 11.6 Å². The molecule has 2 heterocycles. The minimum atomic E-state index is -1.36. The second-order valence-corrected chi connectivity index (χ2v) is 5.96. The third-order valence-corrected chi connectivity index (χ3v) is 4.24. The highest BCUT2D eigenvalue weighted by Gasteiger charge is 2.23. The molecule has 10 heteroatoms. The highest BCUT2D eigenvalue weighted by Crippen LogP contribution is 2.35. The topological polar surface area (TPSA) is 119 Å². The fourth-order valence-electron chi connectivity index (χ4n) is 2.69. The summed E-state index contributed by atoms with van der Waals surface area (Å²) in [5.41, 5.74) is -1.21. The van der Waals surface area contributed by atoms with Crippen molar-refractivity contribution >= 4 is 28.7 Å². The number of imidazole rings is 1. The number of carbonyl (C=O) groups is 1. The van der Waals surface area contributed by atoms with Gasteiger partial charge in [-0.15, -0.1) is 0 Å². The first kappa shape index (κ1) is 16.8. The van der Waals surface area contributed by atoms with Crippen LogP contribution in [0.3, 0.4) is 0 Å². The number of phenols is 1. The standard InChI is InChI=1S/C15H13ClN4O5/c1-18-9-12(19(2)15(25)20(3)13(9)22)17-11(18)7-4-6(16)5-8(10(7)21)14(23)24/h4-5,21H,1-3H3,(H,23,24). The number of aromatic hydroxyl groups is 1. The molecule has 1 aromatic carbocycles. The monoisotopic (exact) mass is 364 g/mol. The van der Waals surface area contributed by atoms with Crippen molar-refractivity contribution in [2.45, 2.75) is 0 Å². The van der Waals surface area contributed by atoms with Crippen molar-refractivity contribution in [3.8, 4) is 17.1 Å². The number of benzene rings is 1. The summed E-state index contributed by atoms with van der Waals surface area (Å²) in [6.07, 6.45) is 0. The lowest BCUT2D eigenvalue weighted by Gasteiger charge is -2.08. The van der Waals surface area contributed by atoms with Gasteiger partial charge >= 0.3 is 11.7 Å². The molecule has 2 aromatic heterocycles. The van der Waals surface area contributed by atoms with Crippen molar-refractivity contribution in [2.24, 2.45) is 21.1 Å². The third kappa shape index (κ3) is 2.31. The number of carboxylic acids is 1. The van der Waals surface area contributed by atoms with E-state index in [-0.39, 0.29) is 27.6 Å². The highest BCUT2D eigenvalue weighted by molar-refractivity contribution is 6.31. The number of halogens is 1. The van der Waals surface area contributed by atoms with Crippen LogP contribution in [0.15, 0.2) is 21.7 Å². The summed E-state index contributed by atoms with van der Waals surface area (Å²) in [5.74, 6) is -1.78. The van der Waals surface area contributed by atoms with Crippen molar-refractivity contribution in [1.29, 1.82) is 0 Å². The number of hydrogen-bond acceptors (Lipinski definition) is 5. The Morgan fingerprint density at radius 2 is 1.76 bits per heavy atom. The van der Waals surface area contributed by atoms with E-state index in [2.05, 4.69) is 4.98 Å². The Hall–Kier alpha value is -3.07. The molecule has 9 nitrogen and oxygen atoms in total. The summed E-state index contributed by atoms with van der Waals surface area (Å²) in [7, 11) is 4.33. The van der Waals surface area contributed by atoms with Gasteiger partial charge in [0.2, 0.25) is 0 Å². The van der Waals surface area contributed by atoms with E-state index < -0.39 is 28.5 Å². The quantitative estimate of drug-likeness (QED) is 0.690. The molecule has 2 N–H and O–H groups in total. The molecule has 0 radical (unpaired) electrons. The second-order valence-electron chi connectivity index (χ2n) is 5.53. The lowest BCUT2D eigenvalue weighted by atomic mass is 10.1. The normalized spacial score (nSPS) is 11.2. The zero-order valence-electron chi connectivity index (χ0n) is 13.4. The van der Waals surface area contributed by atoms with Gasteiger partial charge in [-0.2, -0.15) is 0 Å². The van der Waals surface area contributed by atoms with Gasteiger partial charge < -0.3 is 14.8 Å². The lowest BCUT2D eigenvalue weighted by Crippen LogP contribution is -2.37. The summed E-state index contributed by atoms with van der Waals surface area (Å²) >= 11 is 5.95. The van der Waals surface area contributed by atoms with Gasteiger partial charge in [-0.25, -0.2) is 14.6 Å². The van der Waals surface area contributed by atoms with Gasteiger partial charge in [0.25, 0.3) is 5.56 Å². The number of carboxylic acid groups (broad SMARTS) is 1. The van der Waals surface area contributed by atoms with Gasteiger partial charge in [0.1, 0.15) is 17.1 Å². The van der Waals surface area contributed by atoms with E-state index in [0.29, 0.717) is 0 Å². The highest BCUT2D eigenvalue weighted by atomic mass is 35.5. The first-order chi connectivity index (χ1) is 11.6. The van der Waals surface area contributed by atoms with Crippen LogP contribution >= 0.6 is 11.6 Å². The average molecular weight is 365 g/mol. The van der Waals surface area contributed by atoms with Gasteiger partial charge in [0.05, 0.1) is 5.56 Å². The fourth-order valence-corrected chi connectivity index (χ4v) is 2.91. The zero-order chi connectivity index (χ0) is 18.6. The number of nitrogens with zero attached hydrogens (tertiary/aromatic N) is 4. The molecule has 130 valence electrons. The van der Waals surface area contributed by atoms with Crippen LogP contribution in [0.2, 0.25) is 5.02 Å². The van der Waals surface area contributed by atoms with E-state index in [4.69, 9.17) is 11.6 Å². The van der Waals surface area contributed by atoms with Crippen molar-refractivity contribution in [2.75, 3.05) is 0 Å². The Morgan fingerprint density at radius 3 is 2.36 bits per heavy atom. The zero-order valence-corrected chi connectivity index (χ0v) is 14.2. The largest absolute Gasteiger partial charge is 0.506 e. The Morgan fingerprint density at radius 1 is 1.12 bits per heavy atom. The van der Waals surface area contributed by atoms with Crippen molar-refractivity contribution in [3.05, 3.63) is 43.6 Å². The number of aromatic nitrogens is 4. The Balaban J connectivity index is 2.47. The Labute approximate surface area is 145 Å². The predicted molar refractivity (Wildman–Crippen MR) is 90.3 cm³/mol. The molecule has 0 aliphatic carbocycles. The van der Waals surface area contributed by atoms with E-state index >= 15 is 0 Å². The first-order valence-electron chi connectivity index (χ1n) is 7.03. The minimum Gasteiger partial charge on any atom is -0.506 e. The van der Waals surface area contributed by atoms with E-state index in [9.17, 15) is 24.6 Å². The molecule has 0 aliphatic rings. The van der Waals surface area contributed by atoms with Crippen molar-refractivity contribution in [3.63, 3.8) is 0 Å². The molecule has 0 saturated carbocycles. The van der Waals surface area contributed by atoms with Crippen LogP contribution in [-0.2, 0) is 21.1 Å². The second kappa shape index (κ2) is 5.49. The van der Waals surface area contributed by atoms with Crippen molar-refractivity contribution in [1.82, 2.24) is 18.7 Å². The van der Waals surface area contributed by atoms with Crippen LogP contribution in [0.1, 0.15) is 10.4 Å². The lowest BCUT2D eigenvalue weighted by molar-refractivity contribution is 0.0694. The Kier molecular flexibility index (Phi) is 3.68. The predicted octanol–water partition coefficient (Wildman–Crippen LogP) is 0.695. The number of hydrogen-bond donors (Lipinski definition) is 2. The van der Waals surface area contributed by atoms with Crippen LogP contribution in [0.25, 0.3) is 22.6 Å². The summed E-state index contributed by atoms with van der Waals surface area (Å²) in [5, 5.41) is 19.6. The number of fused-ring (bicyclic) bond motifs is 1. The number of aromatic carboxylic acids is 1. The molecule has 0 spiro atoms. The van der Waals surface area contributed by atoms with E-state index in [1.165, 1.54) is 36.3 Å². The molecule has 0 bridgehead atoms. The molecule has 0 amide bonds. The molecule has 0 fully saturated rings. The van der Waals surface area contributed by atoms with Crippen LogP contribution in [0.4, 0.5) is 0 Å². The van der Waals surface area contributed by atoms with Crippen LogP contribution in [0, 0.1) is 0 Å². The van der Waals surface area contributed by atoms with Crippen LogP contribution in [-0.4, -0.2) is 34.9 Å². The molecular formula is C15H13ClN4O5. The summed E-state index contributed by atoms with van der Waals surface area (Å²) in [6.45, 7) is 0. The maximum absolute atomic E-state index is 12.4. The SMILES string of the molecule is Cn1c(=O)c2c(nc(-c3cc(Cl)cc(C(=O)O)c3O)n2C)n(C)c1=O. The molecule has 0 atom stereocenters. The molecular weight excluding hydrogens is 352 g/mol. The average Bonchev–Trinajstić information content (AvgIpc) is 2.90. The first-order valence-corrected chi connectivity index (χ1v) is 7.41. The summed E-state index contributed by atoms with van der Waals surface area (Å²) < 4.78 is 3.52. The minimum absolute atomic E-state index is 0.0399. The molecule has 3 rings (SSSR count).